The Morgan fingerprint density at radius 2 is 2.15 bits per heavy atom. The lowest BCUT2D eigenvalue weighted by Gasteiger charge is -2.19. The number of Topliss-reactive ketones (excluding diaryl/α,β-unsaturated/α-hetero) is 1. The fourth-order valence-corrected chi connectivity index (χ4v) is 4.42. The van der Waals surface area contributed by atoms with E-state index in [0.717, 1.165) is 12.8 Å². The number of nitrogens with zero attached hydrogens (tertiary/aromatic N) is 3. The van der Waals surface area contributed by atoms with Crippen LogP contribution in [0.2, 0.25) is 5.02 Å². The highest BCUT2D eigenvalue weighted by molar-refractivity contribution is 6.36. The Kier molecular flexibility index (Phi) is 6.79. The summed E-state index contributed by atoms with van der Waals surface area (Å²) in [6.07, 6.45) is 4.94. The van der Waals surface area contributed by atoms with Crippen LogP contribution >= 0.6 is 11.6 Å². The number of hydrogen-bond acceptors (Lipinski definition) is 7. The maximum absolute atomic E-state index is 13.0. The molecule has 3 N–H and O–H groups in total. The Morgan fingerprint density at radius 3 is 2.79 bits per heavy atom. The molecule has 3 heterocycles. The fraction of sp³-hybridized carbons (Fsp3) is 0.545. The van der Waals surface area contributed by atoms with E-state index in [1.54, 1.807) is 0 Å². The largest absolute Gasteiger partial charge is 0.480 e. The molecule has 0 spiro atoms. The summed E-state index contributed by atoms with van der Waals surface area (Å²) in [6, 6.07) is 1.29. The second-order valence-corrected chi connectivity index (χ2v) is 9.01. The normalized spacial score (nSPS) is 19.5. The minimum Gasteiger partial charge on any atom is -0.480 e. The number of halogens is 1. The van der Waals surface area contributed by atoms with Crippen molar-refractivity contribution in [3.8, 4) is 11.9 Å². The standard InChI is InChI=1S/C22H25ClN6O4/c1-33-22-17(23)18-15(10-26-22)28-19(29-18)16(30)8-13(6-11-2-3-11)21(32)27-14(9-24)7-12-4-5-25-20(12)31/h10-14H,2-8H2,1H3,(H,25,31)(H,27,32)(H,28,29)/t12-,13+,14-/m0/s1. The SMILES string of the molecule is COc1ncc2[nH]c(C(=O)C[C@@H](CC3CC3)C(=O)N[C@H](C#N)C[C@@H]3CCNC3=O)nc2c1Cl. The van der Waals surface area contributed by atoms with Gasteiger partial charge in [-0.05, 0) is 25.2 Å². The van der Waals surface area contributed by atoms with Crippen LogP contribution in [0.25, 0.3) is 11.0 Å². The topological polar surface area (TPSA) is 150 Å². The highest BCUT2D eigenvalue weighted by atomic mass is 35.5. The van der Waals surface area contributed by atoms with Crippen molar-refractivity contribution in [2.75, 3.05) is 13.7 Å². The van der Waals surface area contributed by atoms with Crippen LogP contribution in [0, 0.1) is 29.1 Å². The smallest absolute Gasteiger partial charge is 0.234 e. The number of carbonyl (C=O) groups excluding carboxylic acids is 3. The van der Waals surface area contributed by atoms with Gasteiger partial charge in [0.2, 0.25) is 17.7 Å². The molecule has 33 heavy (non-hydrogen) atoms. The van der Waals surface area contributed by atoms with E-state index < -0.39 is 12.0 Å². The molecule has 2 aliphatic rings. The van der Waals surface area contributed by atoms with Crippen molar-refractivity contribution < 1.29 is 19.1 Å². The first-order chi connectivity index (χ1) is 15.9. The number of carbonyl (C=O) groups is 3. The van der Waals surface area contributed by atoms with E-state index in [-0.39, 0.29) is 53.1 Å². The van der Waals surface area contributed by atoms with Crippen molar-refractivity contribution in [2.45, 2.75) is 44.6 Å². The molecule has 2 amide bonds. The molecular weight excluding hydrogens is 448 g/mol. The van der Waals surface area contributed by atoms with Crippen LogP contribution in [0.5, 0.6) is 5.88 Å². The summed E-state index contributed by atoms with van der Waals surface area (Å²) in [4.78, 5) is 49.1. The fourth-order valence-electron chi connectivity index (χ4n) is 4.15. The average molecular weight is 473 g/mol. The summed E-state index contributed by atoms with van der Waals surface area (Å²) in [7, 11) is 1.44. The molecule has 2 fully saturated rings. The van der Waals surface area contributed by atoms with Gasteiger partial charge in [-0.25, -0.2) is 9.97 Å². The number of rotatable bonds is 10. The number of fused-ring (bicyclic) bond motifs is 1. The van der Waals surface area contributed by atoms with Crippen LogP contribution in [0.1, 0.15) is 49.1 Å². The van der Waals surface area contributed by atoms with E-state index in [1.165, 1.54) is 13.3 Å². The van der Waals surface area contributed by atoms with Gasteiger partial charge in [0.15, 0.2) is 11.6 Å². The minimum atomic E-state index is -0.785. The summed E-state index contributed by atoms with van der Waals surface area (Å²) in [5.41, 5.74) is 0.862. The second kappa shape index (κ2) is 9.75. The van der Waals surface area contributed by atoms with E-state index in [9.17, 15) is 19.6 Å². The van der Waals surface area contributed by atoms with Crippen LogP contribution in [0.15, 0.2) is 6.20 Å². The number of nitrogens with one attached hydrogen (secondary N) is 3. The Morgan fingerprint density at radius 1 is 1.36 bits per heavy atom. The predicted octanol–water partition coefficient (Wildman–Crippen LogP) is 2.14. The first-order valence-corrected chi connectivity index (χ1v) is 11.4. The Labute approximate surface area is 195 Å². The van der Waals surface area contributed by atoms with Crippen molar-refractivity contribution in [3.05, 3.63) is 17.0 Å². The highest BCUT2D eigenvalue weighted by Crippen LogP contribution is 2.37. The van der Waals surface area contributed by atoms with Crippen molar-refractivity contribution in [1.82, 2.24) is 25.6 Å². The van der Waals surface area contributed by atoms with Crippen molar-refractivity contribution in [2.24, 2.45) is 17.8 Å². The monoisotopic (exact) mass is 472 g/mol. The highest BCUT2D eigenvalue weighted by Gasteiger charge is 2.34. The van der Waals surface area contributed by atoms with Crippen LogP contribution in [-0.4, -0.2) is 52.2 Å². The summed E-state index contributed by atoms with van der Waals surface area (Å²) in [6.45, 7) is 0.581. The predicted molar refractivity (Wildman–Crippen MR) is 119 cm³/mol. The first-order valence-electron chi connectivity index (χ1n) is 11.0. The number of imidazole rings is 1. The van der Waals surface area contributed by atoms with Gasteiger partial charge in [0, 0.05) is 24.8 Å². The first kappa shape index (κ1) is 23.0. The number of H-pyrrole nitrogens is 1. The lowest BCUT2D eigenvalue weighted by Crippen LogP contribution is -2.40. The molecule has 1 aliphatic heterocycles. The summed E-state index contributed by atoms with van der Waals surface area (Å²) >= 11 is 6.24. The number of ketones is 1. The zero-order valence-electron chi connectivity index (χ0n) is 18.2. The third kappa shape index (κ3) is 5.25. The number of nitriles is 1. The molecule has 0 radical (unpaired) electrons. The minimum absolute atomic E-state index is 0.0492. The summed E-state index contributed by atoms with van der Waals surface area (Å²) in [5.74, 6) is -0.950. The van der Waals surface area contributed by atoms with E-state index in [0.29, 0.717) is 36.3 Å². The van der Waals surface area contributed by atoms with E-state index in [4.69, 9.17) is 16.3 Å². The Hall–Kier alpha value is -3.19. The van der Waals surface area contributed by atoms with Crippen LogP contribution in [0.4, 0.5) is 0 Å². The third-order valence-corrected chi connectivity index (χ3v) is 6.51. The van der Waals surface area contributed by atoms with Crippen LogP contribution in [-0.2, 0) is 9.59 Å². The van der Waals surface area contributed by atoms with Gasteiger partial charge in [-0.2, -0.15) is 5.26 Å². The van der Waals surface area contributed by atoms with Crippen LogP contribution < -0.4 is 15.4 Å². The van der Waals surface area contributed by atoms with Gasteiger partial charge >= 0.3 is 0 Å². The molecule has 4 rings (SSSR count). The molecule has 2 aromatic rings. The zero-order chi connectivity index (χ0) is 23.5. The van der Waals surface area contributed by atoms with Gasteiger partial charge in [-0.1, -0.05) is 24.4 Å². The van der Waals surface area contributed by atoms with E-state index >= 15 is 0 Å². The molecule has 174 valence electrons. The van der Waals surface area contributed by atoms with Gasteiger partial charge in [0.05, 0.1) is 24.9 Å². The summed E-state index contributed by atoms with van der Waals surface area (Å²) in [5, 5.41) is 15.2. The van der Waals surface area contributed by atoms with Gasteiger partial charge < -0.3 is 20.4 Å². The van der Waals surface area contributed by atoms with Gasteiger partial charge in [0.25, 0.3) is 0 Å². The zero-order valence-corrected chi connectivity index (χ0v) is 18.9. The summed E-state index contributed by atoms with van der Waals surface area (Å²) < 4.78 is 5.09. The second-order valence-electron chi connectivity index (χ2n) is 8.64. The molecule has 3 atom stereocenters. The molecule has 10 nitrogen and oxygen atoms in total. The van der Waals surface area contributed by atoms with Crippen molar-refractivity contribution >= 4 is 40.2 Å². The molecular formula is C22H25ClN6O4. The number of hydrogen-bond donors (Lipinski definition) is 3. The maximum Gasteiger partial charge on any atom is 0.234 e. The van der Waals surface area contributed by atoms with Crippen molar-refractivity contribution in [1.29, 1.82) is 5.26 Å². The number of aromatic amines is 1. The molecule has 11 heteroatoms. The van der Waals surface area contributed by atoms with Crippen LogP contribution in [0.3, 0.4) is 0 Å². The molecule has 2 aromatic heterocycles. The molecule has 0 aromatic carbocycles. The molecule has 1 saturated heterocycles. The van der Waals surface area contributed by atoms with E-state index in [1.807, 2.05) is 0 Å². The molecule has 0 unspecified atom stereocenters. The van der Waals surface area contributed by atoms with Gasteiger partial charge in [-0.3, -0.25) is 14.4 Å². The average Bonchev–Trinajstić information content (AvgIpc) is 3.36. The number of ether oxygens (including phenoxy) is 1. The number of methoxy groups -OCH3 is 1. The van der Waals surface area contributed by atoms with Gasteiger partial charge in [-0.15, -0.1) is 0 Å². The Bertz CT molecular complexity index is 1120. The molecule has 1 aliphatic carbocycles. The quantitative estimate of drug-likeness (QED) is 0.448. The third-order valence-electron chi connectivity index (χ3n) is 6.17. The number of pyridine rings is 1. The van der Waals surface area contributed by atoms with Gasteiger partial charge in [0.1, 0.15) is 16.6 Å². The number of amides is 2. The number of aromatic nitrogens is 3. The lowest BCUT2D eigenvalue weighted by atomic mass is 9.93. The molecule has 0 bridgehead atoms. The van der Waals surface area contributed by atoms with Crippen molar-refractivity contribution in [3.63, 3.8) is 0 Å². The molecule has 1 saturated carbocycles. The maximum atomic E-state index is 13.0. The van der Waals surface area contributed by atoms with E-state index in [2.05, 4.69) is 31.7 Å². The lowest BCUT2D eigenvalue weighted by molar-refractivity contribution is -0.127. The Balaban J connectivity index is 1.45.